The number of nitrogens with two attached hydrogens (primary N) is 2. The molecule has 0 amide bonds. The van der Waals surface area contributed by atoms with E-state index in [9.17, 15) is 4.79 Å². The van der Waals surface area contributed by atoms with Gasteiger partial charge < -0.3 is 11.5 Å². The lowest BCUT2D eigenvalue weighted by Gasteiger charge is -2.05. The minimum atomic E-state index is -0.0770. The van der Waals surface area contributed by atoms with Crippen molar-refractivity contribution in [3.8, 4) is 0 Å². The molecule has 100 valence electrons. The SMILES string of the molecule is Nc1ccc(C(=O)c2csc3c(Br)cccc23)c(N)c1. The Balaban J connectivity index is 2.16. The number of carbonyl (C=O) groups excluding carboxylic acids is 1. The van der Waals surface area contributed by atoms with Crippen molar-refractivity contribution in [3.05, 3.63) is 57.4 Å². The number of hydrogen-bond acceptors (Lipinski definition) is 4. The first-order valence-corrected chi connectivity index (χ1v) is 7.60. The van der Waals surface area contributed by atoms with Gasteiger partial charge in [-0.15, -0.1) is 11.3 Å². The molecular weight excluding hydrogens is 336 g/mol. The van der Waals surface area contributed by atoms with Gasteiger partial charge in [0.15, 0.2) is 5.78 Å². The minimum absolute atomic E-state index is 0.0770. The summed E-state index contributed by atoms with van der Waals surface area (Å²) in [5, 5.41) is 2.80. The molecule has 0 aliphatic carbocycles. The molecule has 0 bridgehead atoms. The Morgan fingerprint density at radius 2 is 1.90 bits per heavy atom. The van der Waals surface area contributed by atoms with E-state index in [1.807, 2.05) is 23.6 Å². The van der Waals surface area contributed by atoms with E-state index < -0.39 is 0 Å². The summed E-state index contributed by atoms with van der Waals surface area (Å²) in [4.78, 5) is 12.6. The fourth-order valence-corrected chi connectivity index (χ4v) is 3.73. The predicted molar refractivity (Wildman–Crippen MR) is 88.2 cm³/mol. The Morgan fingerprint density at radius 1 is 1.10 bits per heavy atom. The molecule has 5 heteroatoms. The van der Waals surface area contributed by atoms with Gasteiger partial charge in [-0.3, -0.25) is 4.79 Å². The maximum absolute atomic E-state index is 12.6. The van der Waals surface area contributed by atoms with E-state index >= 15 is 0 Å². The van der Waals surface area contributed by atoms with Crippen molar-refractivity contribution in [2.75, 3.05) is 11.5 Å². The molecule has 1 aromatic heterocycles. The van der Waals surface area contributed by atoms with Gasteiger partial charge in [0.25, 0.3) is 0 Å². The molecule has 2 aromatic carbocycles. The summed E-state index contributed by atoms with van der Waals surface area (Å²) in [6.45, 7) is 0. The molecule has 3 nitrogen and oxygen atoms in total. The van der Waals surface area contributed by atoms with Crippen LogP contribution in [0.4, 0.5) is 11.4 Å². The molecule has 0 fully saturated rings. The number of ketones is 1. The van der Waals surface area contributed by atoms with Crippen molar-refractivity contribution < 1.29 is 4.79 Å². The maximum atomic E-state index is 12.6. The van der Waals surface area contributed by atoms with Crippen molar-refractivity contribution in [2.24, 2.45) is 0 Å². The molecule has 0 aliphatic rings. The van der Waals surface area contributed by atoms with E-state index in [4.69, 9.17) is 11.5 Å². The quantitative estimate of drug-likeness (QED) is 0.543. The first-order chi connectivity index (χ1) is 9.58. The number of nitrogen functional groups attached to an aromatic ring is 2. The van der Waals surface area contributed by atoms with E-state index in [0.717, 1.165) is 14.6 Å². The van der Waals surface area contributed by atoms with Crippen LogP contribution in [0, 0.1) is 0 Å². The topological polar surface area (TPSA) is 69.1 Å². The number of fused-ring (bicyclic) bond motifs is 1. The lowest BCUT2D eigenvalue weighted by atomic mass is 10.0. The van der Waals surface area contributed by atoms with E-state index in [1.165, 1.54) is 11.3 Å². The van der Waals surface area contributed by atoms with Crippen LogP contribution >= 0.6 is 27.3 Å². The number of hydrogen-bond donors (Lipinski definition) is 2. The van der Waals surface area contributed by atoms with Crippen LogP contribution in [0.1, 0.15) is 15.9 Å². The zero-order chi connectivity index (χ0) is 14.3. The summed E-state index contributed by atoms with van der Waals surface area (Å²) in [6.07, 6.45) is 0. The molecule has 0 saturated heterocycles. The molecule has 4 N–H and O–H groups in total. The zero-order valence-electron chi connectivity index (χ0n) is 10.4. The summed E-state index contributed by atoms with van der Waals surface area (Å²) in [7, 11) is 0. The summed E-state index contributed by atoms with van der Waals surface area (Å²) in [6, 6.07) is 10.8. The van der Waals surface area contributed by atoms with Gasteiger partial charge in [0.05, 0.1) is 0 Å². The van der Waals surface area contributed by atoms with Crippen LogP contribution in [0.15, 0.2) is 46.3 Å². The van der Waals surface area contributed by atoms with Crippen LogP contribution < -0.4 is 11.5 Å². The van der Waals surface area contributed by atoms with Crippen molar-refractivity contribution in [1.29, 1.82) is 0 Å². The summed E-state index contributed by atoms with van der Waals surface area (Å²) < 4.78 is 2.05. The number of thiophene rings is 1. The highest BCUT2D eigenvalue weighted by molar-refractivity contribution is 9.10. The zero-order valence-corrected chi connectivity index (χ0v) is 12.8. The standard InChI is InChI=1S/C15H11BrN2OS/c16-12-3-1-2-9-11(7-20-15(9)12)14(19)10-5-4-8(17)6-13(10)18/h1-7H,17-18H2. The highest BCUT2D eigenvalue weighted by atomic mass is 79.9. The summed E-state index contributed by atoms with van der Waals surface area (Å²) in [5.74, 6) is -0.0770. The summed E-state index contributed by atoms with van der Waals surface area (Å²) >= 11 is 5.04. The van der Waals surface area contributed by atoms with E-state index in [2.05, 4.69) is 15.9 Å². The number of rotatable bonds is 2. The minimum Gasteiger partial charge on any atom is -0.399 e. The van der Waals surface area contributed by atoms with Crippen molar-refractivity contribution in [2.45, 2.75) is 0 Å². The number of carbonyl (C=O) groups is 1. The number of anilines is 2. The van der Waals surface area contributed by atoms with Crippen molar-refractivity contribution in [3.63, 3.8) is 0 Å². The van der Waals surface area contributed by atoms with Crippen LogP contribution in [0.25, 0.3) is 10.1 Å². The third-order valence-corrected chi connectivity index (χ3v) is 5.07. The van der Waals surface area contributed by atoms with Crippen LogP contribution in [-0.4, -0.2) is 5.78 Å². The largest absolute Gasteiger partial charge is 0.399 e. The van der Waals surface area contributed by atoms with Gasteiger partial charge in [0.1, 0.15) is 0 Å². The molecule has 0 saturated carbocycles. The summed E-state index contributed by atoms with van der Waals surface area (Å²) in [5.41, 5.74) is 13.7. The third-order valence-electron chi connectivity index (χ3n) is 3.12. The highest BCUT2D eigenvalue weighted by Gasteiger charge is 2.17. The van der Waals surface area contributed by atoms with Crippen LogP contribution in [0.2, 0.25) is 0 Å². The molecule has 0 spiro atoms. The average Bonchev–Trinajstić information content (AvgIpc) is 2.83. The molecule has 20 heavy (non-hydrogen) atoms. The normalized spacial score (nSPS) is 10.8. The molecule has 3 rings (SSSR count). The van der Waals surface area contributed by atoms with E-state index in [1.54, 1.807) is 18.2 Å². The first kappa shape index (κ1) is 13.1. The number of halogens is 1. The fourth-order valence-electron chi connectivity index (χ4n) is 2.13. The Labute approximate surface area is 128 Å². The van der Waals surface area contributed by atoms with Gasteiger partial charge in [-0.25, -0.2) is 0 Å². The third kappa shape index (κ3) is 2.09. The second-order valence-corrected chi connectivity index (χ2v) is 6.18. The van der Waals surface area contributed by atoms with Gasteiger partial charge in [0, 0.05) is 42.4 Å². The van der Waals surface area contributed by atoms with E-state index in [0.29, 0.717) is 22.5 Å². The number of benzene rings is 2. The molecule has 3 aromatic rings. The lowest BCUT2D eigenvalue weighted by Crippen LogP contribution is -2.05. The van der Waals surface area contributed by atoms with Crippen molar-refractivity contribution in [1.82, 2.24) is 0 Å². The van der Waals surface area contributed by atoms with Gasteiger partial charge in [-0.2, -0.15) is 0 Å². The second kappa shape index (κ2) is 4.92. The van der Waals surface area contributed by atoms with Gasteiger partial charge in [-0.1, -0.05) is 12.1 Å². The maximum Gasteiger partial charge on any atom is 0.196 e. The van der Waals surface area contributed by atoms with Crippen LogP contribution in [0.3, 0.4) is 0 Å². The second-order valence-electron chi connectivity index (χ2n) is 4.44. The monoisotopic (exact) mass is 346 g/mol. The Morgan fingerprint density at radius 3 is 2.65 bits per heavy atom. The average molecular weight is 347 g/mol. The molecule has 0 unspecified atom stereocenters. The first-order valence-electron chi connectivity index (χ1n) is 5.93. The van der Waals surface area contributed by atoms with Gasteiger partial charge in [-0.05, 0) is 40.2 Å². The Kier molecular flexibility index (Phi) is 3.23. The fraction of sp³-hybridized carbons (Fsp3) is 0. The highest BCUT2D eigenvalue weighted by Crippen LogP contribution is 2.34. The molecular formula is C15H11BrN2OS. The lowest BCUT2D eigenvalue weighted by molar-refractivity contribution is 0.104. The smallest absolute Gasteiger partial charge is 0.196 e. The van der Waals surface area contributed by atoms with Gasteiger partial charge in [0.2, 0.25) is 0 Å². The molecule has 0 aliphatic heterocycles. The van der Waals surface area contributed by atoms with E-state index in [-0.39, 0.29) is 5.78 Å². The molecule has 0 atom stereocenters. The van der Waals surface area contributed by atoms with Crippen LogP contribution in [0.5, 0.6) is 0 Å². The Hall–Kier alpha value is -1.85. The van der Waals surface area contributed by atoms with Crippen LogP contribution in [-0.2, 0) is 0 Å². The Bertz CT molecular complexity index is 826. The molecule has 0 radical (unpaired) electrons. The predicted octanol–water partition coefficient (Wildman–Crippen LogP) is 4.06. The van der Waals surface area contributed by atoms with Gasteiger partial charge >= 0.3 is 0 Å². The molecule has 1 heterocycles. The van der Waals surface area contributed by atoms with Crippen molar-refractivity contribution >= 4 is 54.5 Å².